The van der Waals surface area contributed by atoms with Crippen molar-refractivity contribution in [2.45, 2.75) is 12.5 Å². The maximum atomic E-state index is 11.4. The number of hydrogen-bond donors (Lipinski definition) is 5. The van der Waals surface area contributed by atoms with Crippen LogP contribution in [0.3, 0.4) is 0 Å². The van der Waals surface area contributed by atoms with Crippen LogP contribution >= 0.6 is 0 Å². The lowest BCUT2D eigenvalue weighted by Gasteiger charge is -2.13. The van der Waals surface area contributed by atoms with Crippen LogP contribution in [0.5, 0.6) is 0 Å². The summed E-state index contributed by atoms with van der Waals surface area (Å²) >= 11 is 0. The molecule has 0 fully saturated rings. The Bertz CT molecular complexity index is 369. The minimum atomic E-state index is -0.901. The van der Waals surface area contributed by atoms with Gasteiger partial charge in [-0.05, 0) is 6.42 Å². The Balaban J connectivity index is 2.16. The van der Waals surface area contributed by atoms with E-state index in [1.54, 1.807) is 12.2 Å². The maximum Gasteiger partial charge on any atom is 0.315 e. The molecule has 1 aliphatic carbocycles. The number of carbonyl (C=O) groups excluding carboxylic acids is 2. The molecular weight excluding hydrogens is 240 g/mol. The van der Waals surface area contributed by atoms with E-state index < -0.39 is 23.9 Å². The molecule has 0 saturated heterocycles. The Morgan fingerprint density at radius 3 is 2.44 bits per heavy atom. The molecule has 4 amide bonds. The number of urea groups is 2. The Hall–Kier alpha value is -2.25. The first-order valence-corrected chi connectivity index (χ1v) is 5.48. The summed E-state index contributed by atoms with van der Waals surface area (Å²) in [5, 5.41) is 16.2. The van der Waals surface area contributed by atoms with Crippen molar-refractivity contribution in [2.24, 2.45) is 11.7 Å². The predicted octanol–water partition coefficient (Wildman–Crippen LogP) is -1.02. The highest BCUT2D eigenvalue weighted by Crippen LogP contribution is 2.17. The molecule has 0 aromatic carbocycles. The van der Waals surface area contributed by atoms with Gasteiger partial charge in [0.05, 0.1) is 12.0 Å². The summed E-state index contributed by atoms with van der Waals surface area (Å²) in [5.74, 6) is -1.45. The summed E-state index contributed by atoms with van der Waals surface area (Å²) in [6.45, 7) is 0.481. The van der Waals surface area contributed by atoms with Gasteiger partial charge in [0, 0.05) is 13.1 Å². The molecule has 1 rings (SSSR count). The third-order valence-corrected chi connectivity index (χ3v) is 2.43. The topological polar surface area (TPSA) is 134 Å². The summed E-state index contributed by atoms with van der Waals surface area (Å²) in [4.78, 5) is 32.4. The van der Waals surface area contributed by atoms with E-state index in [0.29, 0.717) is 6.42 Å². The highest BCUT2D eigenvalue weighted by molar-refractivity contribution is 5.76. The molecule has 0 aliphatic heterocycles. The van der Waals surface area contributed by atoms with Gasteiger partial charge in [0.2, 0.25) is 0 Å². The van der Waals surface area contributed by atoms with E-state index in [0.717, 1.165) is 0 Å². The zero-order chi connectivity index (χ0) is 13.5. The van der Waals surface area contributed by atoms with Crippen LogP contribution in [0.1, 0.15) is 6.42 Å². The average molecular weight is 256 g/mol. The predicted molar refractivity (Wildman–Crippen MR) is 62.8 cm³/mol. The molecule has 2 atom stereocenters. The first kappa shape index (κ1) is 13.8. The number of aliphatic carboxylic acids is 1. The molecular formula is C10H16N4O4. The molecule has 0 bridgehead atoms. The molecule has 0 aromatic rings. The van der Waals surface area contributed by atoms with E-state index in [1.165, 1.54) is 0 Å². The van der Waals surface area contributed by atoms with Crippen LogP contribution in [-0.2, 0) is 4.79 Å². The number of nitrogens with one attached hydrogen (secondary N) is 3. The highest BCUT2D eigenvalue weighted by Gasteiger charge is 2.25. The average Bonchev–Trinajstić information content (AvgIpc) is 2.72. The highest BCUT2D eigenvalue weighted by atomic mass is 16.4. The summed E-state index contributed by atoms with van der Waals surface area (Å²) in [5.41, 5.74) is 4.84. The maximum absolute atomic E-state index is 11.4. The Kier molecular flexibility index (Phi) is 4.97. The first-order chi connectivity index (χ1) is 8.49. The molecule has 0 radical (unpaired) electrons. The molecule has 1 aliphatic rings. The SMILES string of the molecule is NC(=O)NCCNC(=O)NC1C=CC(C(=O)O)C1. The van der Waals surface area contributed by atoms with E-state index in [-0.39, 0.29) is 19.1 Å². The van der Waals surface area contributed by atoms with Gasteiger partial charge in [0.15, 0.2) is 0 Å². The van der Waals surface area contributed by atoms with Crippen LogP contribution in [-0.4, -0.2) is 42.3 Å². The van der Waals surface area contributed by atoms with E-state index >= 15 is 0 Å². The Morgan fingerprint density at radius 2 is 1.89 bits per heavy atom. The van der Waals surface area contributed by atoms with Crippen LogP contribution in [0, 0.1) is 5.92 Å². The quantitative estimate of drug-likeness (QED) is 0.318. The number of rotatable bonds is 5. The second-order valence-electron chi connectivity index (χ2n) is 3.86. The summed E-state index contributed by atoms with van der Waals surface area (Å²) in [6, 6.07) is -1.35. The molecule has 6 N–H and O–H groups in total. The third kappa shape index (κ3) is 4.73. The summed E-state index contributed by atoms with van der Waals surface area (Å²) in [7, 11) is 0. The standard InChI is InChI=1S/C10H16N4O4/c11-9(17)12-3-4-13-10(18)14-7-2-1-6(5-7)8(15)16/h1-2,6-7H,3-5H2,(H,15,16)(H3,11,12,17)(H2,13,14,18). The fraction of sp³-hybridized carbons (Fsp3) is 0.500. The van der Waals surface area contributed by atoms with Crippen molar-refractivity contribution in [3.63, 3.8) is 0 Å². The molecule has 2 unspecified atom stereocenters. The number of carbonyl (C=O) groups is 3. The fourth-order valence-electron chi connectivity index (χ4n) is 1.57. The van der Waals surface area contributed by atoms with Gasteiger partial charge in [-0.25, -0.2) is 9.59 Å². The van der Waals surface area contributed by atoms with E-state index in [1.807, 2.05) is 0 Å². The van der Waals surface area contributed by atoms with Gasteiger partial charge in [0.25, 0.3) is 0 Å². The Morgan fingerprint density at radius 1 is 1.22 bits per heavy atom. The lowest BCUT2D eigenvalue weighted by atomic mass is 10.1. The smallest absolute Gasteiger partial charge is 0.315 e. The molecule has 100 valence electrons. The number of hydrogen-bond acceptors (Lipinski definition) is 3. The van der Waals surface area contributed by atoms with Gasteiger partial charge in [-0.15, -0.1) is 0 Å². The molecule has 0 heterocycles. The van der Waals surface area contributed by atoms with Gasteiger partial charge in [-0.1, -0.05) is 12.2 Å². The van der Waals surface area contributed by atoms with Crippen molar-refractivity contribution < 1.29 is 19.5 Å². The number of nitrogens with two attached hydrogens (primary N) is 1. The van der Waals surface area contributed by atoms with Crippen LogP contribution in [0.15, 0.2) is 12.2 Å². The molecule has 18 heavy (non-hydrogen) atoms. The largest absolute Gasteiger partial charge is 0.481 e. The first-order valence-electron chi connectivity index (χ1n) is 5.48. The van der Waals surface area contributed by atoms with Crippen LogP contribution in [0.4, 0.5) is 9.59 Å². The van der Waals surface area contributed by atoms with Crippen molar-refractivity contribution in [1.29, 1.82) is 0 Å². The van der Waals surface area contributed by atoms with Crippen molar-refractivity contribution in [3.05, 3.63) is 12.2 Å². The lowest BCUT2D eigenvalue weighted by Crippen LogP contribution is -2.44. The van der Waals surface area contributed by atoms with E-state index in [9.17, 15) is 14.4 Å². The fourth-order valence-corrected chi connectivity index (χ4v) is 1.57. The van der Waals surface area contributed by atoms with Gasteiger partial charge in [-0.3, -0.25) is 4.79 Å². The van der Waals surface area contributed by atoms with Crippen LogP contribution in [0.2, 0.25) is 0 Å². The third-order valence-electron chi connectivity index (χ3n) is 2.43. The number of primary amides is 1. The molecule has 0 saturated carbocycles. The van der Waals surface area contributed by atoms with Crippen LogP contribution < -0.4 is 21.7 Å². The molecule has 0 aromatic heterocycles. The van der Waals surface area contributed by atoms with Gasteiger partial charge >= 0.3 is 18.0 Å². The zero-order valence-corrected chi connectivity index (χ0v) is 9.68. The second-order valence-corrected chi connectivity index (χ2v) is 3.86. The van der Waals surface area contributed by atoms with Crippen molar-refractivity contribution in [2.75, 3.05) is 13.1 Å². The second kappa shape index (κ2) is 6.48. The van der Waals surface area contributed by atoms with Crippen LogP contribution in [0.25, 0.3) is 0 Å². The number of carboxylic acid groups (broad SMARTS) is 1. The van der Waals surface area contributed by atoms with Gasteiger partial charge in [-0.2, -0.15) is 0 Å². The monoisotopic (exact) mass is 256 g/mol. The number of amides is 4. The number of carboxylic acids is 1. The summed E-state index contributed by atoms with van der Waals surface area (Å²) in [6.07, 6.45) is 3.56. The van der Waals surface area contributed by atoms with Crippen molar-refractivity contribution >= 4 is 18.0 Å². The minimum Gasteiger partial charge on any atom is -0.481 e. The minimum absolute atomic E-state index is 0.237. The van der Waals surface area contributed by atoms with E-state index in [4.69, 9.17) is 10.8 Å². The van der Waals surface area contributed by atoms with Gasteiger partial charge in [0.1, 0.15) is 0 Å². The molecule has 8 heteroatoms. The van der Waals surface area contributed by atoms with Gasteiger partial charge < -0.3 is 26.8 Å². The normalized spacial score (nSPS) is 21.3. The van der Waals surface area contributed by atoms with Crippen molar-refractivity contribution in [3.8, 4) is 0 Å². The Labute approximate surface area is 104 Å². The molecule has 8 nitrogen and oxygen atoms in total. The summed E-state index contributed by atoms with van der Waals surface area (Å²) < 4.78 is 0. The zero-order valence-electron chi connectivity index (χ0n) is 9.68. The van der Waals surface area contributed by atoms with E-state index in [2.05, 4.69) is 16.0 Å². The van der Waals surface area contributed by atoms with Crippen molar-refractivity contribution in [1.82, 2.24) is 16.0 Å². The lowest BCUT2D eigenvalue weighted by molar-refractivity contribution is -0.140. The molecule has 0 spiro atoms.